The Labute approximate surface area is 158 Å². The van der Waals surface area contributed by atoms with E-state index in [0.29, 0.717) is 24.1 Å². The molecule has 1 aliphatic carbocycles. The zero-order valence-electron chi connectivity index (χ0n) is 13.9. The van der Waals surface area contributed by atoms with Crippen molar-refractivity contribution in [2.24, 2.45) is 0 Å². The van der Waals surface area contributed by atoms with E-state index in [1.165, 1.54) is 12.8 Å². The maximum Gasteiger partial charge on any atom is 0.236 e. The Morgan fingerprint density at radius 2 is 2.15 bits per heavy atom. The Kier molecular flexibility index (Phi) is 4.14. The number of hydrogen-bond donors (Lipinski definition) is 0. The molecule has 5 rings (SSSR count). The normalized spacial score (nSPS) is 14.2. The Morgan fingerprint density at radius 1 is 1.19 bits per heavy atom. The fourth-order valence-electron chi connectivity index (χ4n) is 2.78. The second-order valence-electron chi connectivity index (χ2n) is 6.19. The van der Waals surface area contributed by atoms with E-state index < -0.39 is 0 Å². The van der Waals surface area contributed by atoms with Crippen LogP contribution in [0, 0.1) is 0 Å². The van der Waals surface area contributed by atoms with Gasteiger partial charge in [-0.25, -0.2) is 4.98 Å². The first-order valence-corrected chi connectivity index (χ1v) is 10.3. The second-order valence-corrected chi connectivity index (χ2v) is 8.08. The summed E-state index contributed by atoms with van der Waals surface area (Å²) >= 11 is 3.25. The SMILES string of the molecule is c1coc(Cn2c(SCc3coc(-c4cccs4)n3)nnc2C2CC2)c1. The van der Waals surface area contributed by atoms with E-state index in [4.69, 9.17) is 8.83 Å². The first-order valence-electron chi connectivity index (χ1n) is 8.43. The van der Waals surface area contributed by atoms with Crippen LogP contribution in [0.2, 0.25) is 0 Å². The Hall–Kier alpha value is -2.32. The van der Waals surface area contributed by atoms with Crippen LogP contribution in [0.3, 0.4) is 0 Å². The van der Waals surface area contributed by atoms with Crippen molar-refractivity contribution in [1.82, 2.24) is 19.7 Å². The van der Waals surface area contributed by atoms with Crippen molar-refractivity contribution in [3.8, 4) is 10.8 Å². The van der Waals surface area contributed by atoms with Gasteiger partial charge in [0.2, 0.25) is 5.89 Å². The molecule has 26 heavy (non-hydrogen) atoms. The first-order chi connectivity index (χ1) is 12.9. The molecule has 0 N–H and O–H groups in total. The fourth-order valence-corrected chi connectivity index (χ4v) is 4.26. The molecule has 0 saturated heterocycles. The number of oxazole rings is 1. The van der Waals surface area contributed by atoms with Crippen LogP contribution in [-0.2, 0) is 12.3 Å². The smallest absolute Gasteiger partial charge is 0.236 e. The third-order valence-corrected chi connectivity index (χ3v) is 6.07. The molecule has 8 heteroatoms. The summed E-state index contributed by atoms with van der Waals surface area (Å²) in [5, 5.41) is 11.7. The summed E-state index contributed by atoms with van der Waals surface area (Å²) in [7, 11) is 0. The zero-order valence-corrected chi connectivity index (χ0v) is 15.5. The predicted octanol–water partition coefficient (Wildman–Crippen LogP) is 4.81. The third-order valence-electron chi connectivity index (χ3n) is 4.21. The summed E-state index contributed by atoms with van der Waals surface area (Å²) in [6.45, 7) is 0.660. The van der Waals surface area contributed by atoms with E-state index in [-0.39, 0.29) is 0 Å². The van der Waals surface area contributed by atoms with E-state index in [1.54, 1.807) is 35.6 Å². The van der Waals surface area contributed by atoms with Crippen molar-refractivity contribution < 1.29 is 8.83 Å². The molecule has 6 nitrogen and oxygen atoms in total. The molecule has 0 aliphatic heterocycles. The quantitative estimate of drug-likeness (QED) is 0.426. The molecule has 4 aromatic heterocycles. The van der Waals surface area contributed by atoms with Crippen molar-refractivity contribution in [3.05, 3.63) is 59.5 Å². The molecule has 1 aliphatic rings. The largest absolute Gasteiger partial charge is 0.467 e. The highest BCUT2D eigenvalue weighted by Crippen LogP contribution is 2.40. The highest BCUT2D eigenvalue weighted by atomic mass is 32.2. The minimum absolute atomic E-state index is 0.532. The van der Waals surface area contributed by atoms with Crippen LogP contribution in [0.1, 0.15) is 36.0 Å². The molecular formula is C18H16N4O2S2. The summed E-state index contributed by atoms with van der Waals surface area (Å²) in [6, 6.07) is 7.89. The average molecular weight is 384 g/mol. The van der Waals surface area contributed by atoms with Gasteiger partial charge in [-0.15, -0.1) is 21.5 Å². The Morgan fingerprint density at radius 3 is 2.92 bits per heavy atom. The predicted molar refractivity (Wildman–Crippen MR) is 99.2 cm³/mol. The highest BCUT2D eigenvalue weighted by molar-refractivity contribution is 7.98. The molecule has 0 spiro atoms. The molecule has 1 saturated carbocycles. The summed E-state index contributed by atoms with van der Waals surface area (Å²) in [4.78, 5) is 5.61. The van der Waals surface area contributed by atoms with Crippen molar-refractivity contribution in [2.75, 3.05) is 0 Å². The number of nitrogens with zero attached hydrogens (tertiary/aromatic N) is 4. The molecule has 0 amide bonds. The molecule has 0 radical (unpaired) electrons. The molecule has 4 heterocycles. The Bertz CT molecular complexity index is 985. The van der Waals surface area contributed by atoms with Gasteiger partial charge in [0.25, 0.3) is 0 Å². The number of thiophene rings is 1. The molecular weight excluding hydrogens is 368 g/mol. The maximum absolute atomic E-state index is 5.59. The van der Waals surface area contributed by atoms with Gasteiger partial charge in [0.1, 0.15) is 17.8 Å². The van der Waals surface area contributed by atoms with E-state index in [9.17, 15) is 0 Å². The van der Waals surface area contributed by atoms with Gasteiger partial charge in [-0.1, -0.05) is 17.8 Å². The standard InChI is InChI=1S/C18H16N4O2S2/c1-3-14(23-7-1)9-22-16(12-5-6-12)20-21-18(22)26-11-13-10-24-17(19-13)15-4-2-8-25-15/h1-4,7-8,10,12H,5-6,9,11H2. The van der Waals surface area contributed by atoms with Gasteiger partial charge in [-0.3, -0.25) is 4.57 Å². The summed E-state index contributed by atoms with van der Waals surface area (Å²) in [6.07, 6.45) is 5.80. The number of rotatable bonds is 7. The third kappa shape index (κ3) is 3.22. The summed E-state index contributed by atoms with van der Waals surface area (Å²) < 4.78 is 13.3. The van der Waals surface area contributed by atoms with Gasteiger partial charge in [-0.05, 0) is 36.4 Å². The maximum atomic E-state index is 5.59. The van der Waals surface area contributed by atoms with E-state index in [0.717, 1.165) is 27.3 Å². The van der Waals surface area contributed by atoms with E-state index >= 15 is 0 Å². The Balaban J connectivity index is 1.34. The molecule has 0 atom stereocenters. The average Bonchev–Trinajstić information content (AvgIpc) is 3.17. The highest BCUT2D eigenvalue weighted by Gasteiger charge is 2.30. The van der Waals surface area contributed by atoms with Gasteiger partial charge in [0, 0.05) is 11.7 Å². The van der Waals surface area contributed by atoms with Crippen molar-refractivity contribution in [3.63, 3.8) is 0 Å². The molecule has 4 aromatic rings. The van der Waals surface area contributed by atoms with Gasteiger partial charge in [-0.2, -0.15) is 0 Å². The van der Waals surface area contributed by atoms with Gasteiger partial charge in [0.15, 0.2) is 5.16 Å². The van der Waals surface area contributed by atoms with Gasteiger partial charge < -0.3 is 8.83 Å². The second kappa shape index (κ2) is 6.77. The van der Waals surface area contributed by atoms with Crippen molar-refractivity contribution in [1.29, 1.82) is 0 Å². The lowest BCUT2D eigenvalue weighted by Crippen LogP contribution is -2.05. The summed E-state index contributed by atoms with van der Waals surface area (Å²) in [5.74, 6) is 3.87. The minimum atomic E-state index is 0.532. The minimum Gasteiger partial charge on any atom is -0.467 e. The van der Waals surface area contributed by atoms with Gasteiger partial charge >= 0.3 is 0 Å². The van der Waals surface area contributed by atoms with Crippen LogP contribution in [0.15, 0.2) is 56.2 Å². The monoisotopic (exact) mass is 384 g/mol. The van der Waals surface area contributed by atoms with Crippen LogP contribution in [0.25, 0.3) is 10.8 Å². The number of thioether (sulfide) groups is 1. The van der Waals surface area contributed by atoms with Crippen LogP contribution < -0.4 is 0 Å². The number of aromatic nitrogens is 4. The van der Waals surface area contributed by atoms with E-state index in [2.05, 4.69) is 19.7 Å². The van der Waals surface area contributed by atoms with Crippen LogP contribution in [-0.4, -0.2) is 19.7 Å². The van der Waals surface area contributed by atoms with Gasteiger partial charge in [0.05, 0.1) is 23.4 Å². The molecule has 0 unspecified atom stereocenters. The van der Waals surface area contributed by atoms with Crippen molar-refractivity contribution >= 4 is 23.1 Å². The molecule has 0 aromatic carbocycles. The zero-order chi connectivity index (χ0) is 17.3. The first kappa shape index (κ1) is 15.9. The number of hydrogen-bond acceptors (Lipinski definition) is 7. The van der Waals surface area contributed by atoms with Crippen molar-refractivity contribution in [2.45, 2.75) is 36.2 Å². The summed E-state index contributed by atoms with van der Waals surface area (Å²) in [5.41, 5.74) is 0.902. The lowest BCUT2D eigenvalue weighted by molar-refractivity contribution is 0.478. The molecule has 132 valence electrons. The van der Waals surface area contributed by atoms with Crippen LogP contribution in [0.4, 0.5) is 0 Å². The lowest BCUT2D eigenvalue weighted by Gasteiger charge is -2.07. The molecule has 1 fully saturated rings. The van der Waals surface area contributed by atoms with Crippen LogP contribution in [0.5, 0.6) is 0 Å². The van der Waals surface area contributed by atoms with E-state index in [1.807, 2.05) is 29.6 Å². The topological polar surface area (TPSA) is 69.9 Å². The fraction of sp³-hybridized carbons (Fsp3) is 0.278. The lowest BCUT2D eigenvalue weighted by atomic mass is 10.3. The molecule has 0 bridgehead atoms. The number of furan rings is 1. The van der Waals surface area contributed by atoms with Crippen LogP contribution >= 0.6 is 23.1 Å².